The van der Waals surface area contributed by atoms with E-state index in [9.17, 15) is 4.57 Å². The molecule has 5 heteroatoms. The topological polar surface area (TPSA) is 72.5 Å². The molecule has 4 nitrogen and oxygen atoms in total. The first-order valence-electron chi connectivity index (χ1n) is 4.21. The van der Waals surface area contributed by atoms with E-state index in [1.165, 1.54) is 6.66 Å². The van der Waals surface area contributed by atoms with Crippen LogP contribution in [0, 0.1) is 0 Å². The monoisotopic (exact) mass is 193 g/mol. The molecule has 1 atom stereocenters. The molecule has 1 aliphatic rings. The third kappa shape index (κ3) is 3.68. The second-order valence-electron chi connectivity index (χ2n) is 3.45. The Morgan fingerprint density at radius 1 is 1.42 bits per heavy atom. The zero-order valence-electron chi connectivity index (χ0n) is 7.27. The number of rotatable bonds is 2. The Balaban J connectivity index is 2.31. The normalized spacial score (nSPS) is 35.9. The van der Waals surface area contributed by atoms with Gasteiger partial charge in [-0.1, -0.05) is 0 Å². The van der Waals surface area contributed by atoms with E-state index < -0.39 is 7.60 Å². The van der Waals surface area contributed by atoms with Gasteiger partial charge in [-0.3, -0.25) is 4.57 Å². The van der Waals surface area contributed by atoms with E-state index in [-0.39, 0.29) is 12.1 Å². The van der Waals surface area contributed by atoms with Crippen LogP contribution < -0.4 is 5.73 Å². The number of nitrogens with two attached hydrogens (primary N) is 1. The van der Waals surface area contributed by atoms with Crippen molar-refractivity contribution in [3.8, 4) is 0 Å². The summed E-state index contributed by atoms with van der Waals surface area (Å²) in [6.45, 7) is 1.22. The highest BCUT2D eigenvalue weighted by molar-refractivity contribution is 7.51. The fraction of sp³-hybridized carbons (Fsp3) is 1.00. The maximum atomic E-state index is 10.9. The van der Waals surface area contributed by atoms with Crippen LogP contribution in [0.25, 0.3) is 0 Å². The van der Waals surface area contributed by atoms with E-state index in [0.717, 1.165) is 25.7 Å². The third-order valence-corrected chi connectivity index (χ3v) is 2.75. The van der Waals surface area contributed by atoms with Gasteiger partial charge in [-0.05, 0) is 25.7 Å². The minimum Gasteiger partial charge on any atom is -0.328 e. The highest BCUT2D eigenvalue weighted by Gasteiger charge is 2.24. The highest BCUT2D eigenvalue weighted by Crippen LogP contribution is 2.41. The lowest BCUT2D eigenvalue weighted by atomic mass is 9.94. The molecule has 0 aromatic carbocycles. The van der Waals surface area contributed by atoms with Gasteiger partial charge in [-0.15, -0.1) is 0 Å². The van der Waals surface area contributed by atoms with E-state index >= 15 is 0 Å². The fourth-order valence-electron chi connectivity index (χ4n) is 1.47. The van der Waals surface area contributed by atoms with Gasteiger partial charge in [-0.25, -0.2) is 0 Å². The van der Waals surface area contributed by atoms with Crippen molar-refractivity contribution in [2.75, 3.05) is 6.66 Å². The van der Waals surface area contributed by atoms with Crippen molar-refractivity contribution in [2.24, 2.45) is 5.73 Å². The van der Waals surface area contributed by atoms with Crippen molar-refractivity contribution in [3.63, 3.8) is 0 Å². The zero-order chi connectivity index (χ0) is 9.19. The van der Waals surface area contributed by atoms with Crippen molar-refractivity contribution in [1.82, 2.24) is 0 Å². The van der Waals surface area contributed by atoms with Crippen molar-refractivity contribution in [2.45, 2.75) is 37.8 Å². The summed E-state index contributed by atoms with van der Waals surface area (Å²) in [5.41, 5.74) is 5.67. The van der Waals surface area contributed by atoms with Crippen LogP contribution >= 0.6 is 7.60 Å². The van der Waals surface area contributed by atoms with Gasteiger partial charge in [0.1, 0.15) is 0 Å². The quantitative estimate of drug-likeness (QED) is 0.644. The van der Waals surface area contributed by atoms with Crippen molar-refractivity contribution in [3.05, 3.63) is 0 Å². The summed E-state index contributed by atoms with van der Waals surface area (Å²) >= 11 is 0. The molecule has 3 N–H and O–H groups in total. The molecular weight excluding hydrogens is 177 g/mol. The Kier molecular flexibility index (Phi) is 3.29. The molecule has 0 amide bonds. The standard InChI is InChI=1S/C7H16NO3P/c1-12(9,10)11-7-4-2-6(8)3-5-7/h6-7H,2-5,8H2,1H3,(H,9,10). The summed E-state index contributed by atoms with van der Waals surface area (Å²) < 4.78 is 15.8. The molecule has 1 rings (SSSR count). The van der Waals surface area contributed by atoms with E-state index in [0.29, 0.717) is 0 Å². The Hall–Kier alpha value is 0.110. The van der Waals surface area contributed by atoms with Crippen LogP contribution in [0.2, 0.25) is 0 Å². The highest BCUT2D eigenvalue weighted by atomic mass is 31.2. The minimum atomic E-state index is -3.29. The summed E-state index contributed by atoms with van der Waals surface area (Å²) in [7, 11) is -3.29. The zero-order valence-corrected chi connectivity index (χ0v) is 8.17. The first-order chi connectivity index (χ1) is 5.47. The third-order valence-electron chi connectivity index (χ3n) is 2.06. The van der Waals surface area contributed by atoms with Crippen LogP contribution in [0.1, 0.15) is 25.7 Å². The second kappa shape index (κ2) is 3.88. The predicted molar refractivity (Wildman–Crippen MR) is 47.1 cm³/mol. The van der Waals surface area contributed by atoms with Gasteiger partial charge < -0.3 is 15.2 Å². The molecule has 1 aliphatic carbocycles. The van der Waals surface area contributed by atoms with Gasteiger partial charge in [0.15, 0.2) is 0 Å². The van der Waals surface area contributed by atoms with Gasteiger partial charge in [0.25, 0.3) is 0 Å². The lowest BCUT2D eigenvalue weighted by molar-refractivity contribution is 0.131. The molecule has 1 unspecified atom stereocenters. The molecule has 0 heterocycles. The molecule has 0 aliphatic heterocycles. The van der Waals surface area contributed by atoms with Gasteiger partial charge in [0, 0.05) is 12.7 Å². The maximum absolute atomic E-state index is 10.9. The van der Waals surface area contributed by atoms with Crippen LogP contribution in [0.4, 0.5) is 0 Å². The first kappa shape index (κ1) is 10.2. The summed E-state index contributed by atoms with van der Waals surface area (Å²) in [5, 5.41) is 0. The minimum absolute atomic E-state index is 0.0642. The Labute approximate surface area is 72.6 Å². The van der Waals surface area contributed by atoms with Crippen LogP contribution in [-0.4, -0.2) is 23.7 Å². The second-order valence-corrected chi connectivity index (χ2v) is 5.26. The Morgan fingerprint density at radius 2 is 1.92 bits per heavy atom. The van der Waals surface area contributed by atoms with Gasteiger partial charge >= 0.3 is 7.60 Å². The summed E-state index contributed by atoms with van der Waals surface area (Å²) in [4.78, 5) is 8.94. The van der Waals surface area contributed by atoms with E-state index in [1.807, 2.05) is 0 Å². The lowest BCUT2D eigenvalue weighted by Gasteiger charge is -2.26. The Bertz CT molecular complexity index is 183. The maximum Gasteiger partial charge on any atom is 0.325 e. The Morgan fingerprint density at radius 3 is 2.33 bits per heavy atom. The summed E-state index contributed by atoms with van der Waals surface area (Å²) in [5.74, 6) is 0. The van der Waals surface area contributed by atoms with E-state index in [1.54, 1.807) is 0 Å². The first-order valence-corrected chi connectivity index (χ1v) is 6.24. The van der Waals surface area contributed by atoms with Crippen LogP contribution in [0.3, 0.4) is 0 Å². The molecule has 0 saturated heterocycles. The van der Waals surface area contributed by atoms with Crippen molar-refractivity contribution < 1.29 is 14.0 Å². The molecule has 0 aromatic rings. The van der Waals surface area contributed by atoms with Crippen LogP contribution in [0.5, 0.6) is 0 Å². The molecule has 0 aromatic heterocycles. The van der Waals surface area contributed by atoms with Crippen LogP contribution in [-0.2, 0) is 9.09 Å². The summed E-state index contributed by atoms with van der Waals surface area (Å²) in [6, 6.07) is 0.250. The van der Waals surface area contributed by atoms with Gasteiger partial charge in [0.05, 0.1) is 6.10 Å². The molecular formula is C7H16NO3P. The average molecular weight is 193 g/mol. The van der Waals surface area contributed by atoms with Crippen molar-refractivity contribution in [1.29, 1.82) is 0 Å². The van der Waals surface area contributed by atoms with Crippen LogP contribution in [0.15, 0.2) is 0 Å². The summed E-state index contributed by atoms with van der Waals surface area (Å²) in [6.07, 6.45) is 3.33. The van der Waals surface area contributed by atoms with Gasteiger partial charge in [-0.2, -0.15) is 0 Å². The van der Waals surface area contributed by atoms with E-state index in [2.05, 4.69) is 0 Å². The lowest BCUT2D eigenvalue weighted by Crippen LogP contribution is -2.29. The molecule has 12 heavy (non-hydrogen) atoms. The van der Waals surface area contributed by atoms with Crippen molar-refractivity contribution >= 4 is 7.60 Å². The molecule has 72 valence electrons. The largest absolute Gasteiger partial charge is 0.328 e. The average Bonchev–Trinajstić information content (AvgIpc) is 1.91. The molecule has 0 bridgehead atoms. The SMILES string of the molecule is CP(=O)(O)OC1CCC(N)CC1. The number of hydrogen-bond acceptors (Lipinski definition) is 3. The molecule has 1 saturated carbocycles. The van der Waals surface area contributed by atoms with E-state index in [4.69, 9.17) is 15.2 Å². The molecule has 0 spiro atoms. The number of hydrogen-bond donors (Lipinski definition) is 2. The fourth-order valence-corrected chi connectivity index (χ4v) is 2.23. The molecule has 1 fully saturated rings. The van der Waals surface area contributed by atoms with Gasteiger partial charge in [0.2, 0.25) is 0 Å². The smallest absolute Gasteiger partial charge is 0.325 e. The predicted octanol–water partition coefficient (Wildman–Crippen LogP) is 1.09. The molecule has 0 radical (unpaired) electrons.